The molecule has 4 rings (SSSR count). The maximum absolute atomic E-state index is 13.1. The minimum absolute atomic E-state index is 0.00289. The van der Waals surface area contributed by atoms with Crippen molar-refractivity contribution in [1.29, 1.82) is 0 Å². The van der Waals surface area contributed by atoms with E-state index in [1.807, 2.05) is 48.5 Å². The van der Waals surface area contributed by atoms with Crippen molar-refractivity contribution in [2.75, 3.05) is 26.4 Å². The molecule has 12 heteroatoms. The molecule has 2 aromatic rings. The average Bonchev–Trinajstić information content (AvgIpc) is 3.20. The van der Waals surface area contributed by atoms with Crippen LogP contribution in [0, 0.1) is 11.8 Å². The molecule has 0 bridgehead atoms. The maximum Gasteiger partial charge on any atom is 0.407 e. The number of benzene rings is 2. The molecule has 0 heterocycles. The second-order valence-corrected chi connectivity index (χ2v) is 19.1. The van der Waals surface area contributed by atoms with Crippen LogP contribution in [0.25, 0.3) is 0 Å². The Morgan fingerprint density at radius 2 is 1.03 bits per heavy atom. The van der Waals surface area contributed by atoms with Crippen LogP contribution in [-0.2, 0) is 34.6 Å². The molecule has 3 N–H and O–H groups in total. The zero-order valence-electron chi connectivity index (χ0n) is 37.9. The molecule has 338 valence electrons. The Balaban J connectivity index is 1.17. The zero-order chi connectivity index (χ0) is 44.7. The van der Waals surface area contributed by atoms with Crippen LogP contribution < -0.4 is 20.1 Å². The van der Waals surface area contributed by atoms with Crippen molar-refractivity contribution in [3.8, 4) is 11.5 Å². The van der Waals surface area contributed by atoms with Crippen LogP contribution in [0.2, 0.25) is 0 Å². The van der Waals surface area contributed by atoms with Crippen molar-refractivity contribution in [1.82, 2.24) is 10.6 Å². The third-order valence-corrected chi connectivity index (χ3v) is 11.5. The summed E-state index contributed by atoms with van der Waals surface area (Å²) in [6.45, 7) is 23.3. The lowest BCUT2D eigenvalue weighted by molar-refractivity contribution is -0.142. The summed E-state index contributed by atoms with van der Waals surface area (Å²) in [5, 5.41) is 16.2. The fraction of sp³-hybridized carbons (Fsp3) is 0.612. The van der Waals surface area contributed by atoms with E-state index in [4.69, 9.17) is 28.4 Å². The quantitative estimate of drug-likeness (QED) is 0.0410. The molecule has 2 saturated carbocycles. The Labute approximate surface area is 364 Å². The molecule has 0 saturated heterocycles. The highest BCUT2D eigenvalue weighted by Crippen LogP contribution is 2.36. The predicted molar refractivity (Wildman–Crippen MR) is 237 cm³/mol. The molecule has 3 atom stereocenters. The second kappa shape index (κ2) is 23.1. The van der Waals surface area contributed by atoms with Gasteiger partial charge in [0.2, 0.25) is 0 Å². The van der Waals surface area contributed by atoms with Crippen LogP contribution in [-0.4, -0.2) is 80.3 Å². The van der Waals surface area contributed by atoms with Gasteiger partial charge in [0.15, 0.2) is 18.5 Å². The molecule has 0 spiro atoms. The molecule has 3 unspecified atom stereocenters. The Kier molecular flexibility index (Phi) is 18.6. The van der Waals surface area contributed by atoms with Gasteiger partial charge in [0.1, 0.15) is 31.3 Å². The summed E-state index contributed by atoms with van der Waals surface area (Å²) in [4.78, 5) is 38.2. The fourth-order valence-corrected chi connectivity index (χ4v) is 7.61. The number of amides is 2. The minimum Gasteiger partial charge on any atom is -0.490 e. The van der Waals surface area contributed by atoms with Crippen LogP contribution in [0.3, 0.4) is 0 Å². The van der Waals surface area contributed by atoms with Crippen LogP contribution in [0.5, 0.6) is 11.5 Å². The van der Waals surface area contributed by atoms with Gasteiger partial charge in [-0.1, -0.05) is 79.0 Å². The van der Waals surface area contributed by atoms with Crippen LogP contribution >= 0.6 is 0 Å². The molecule has 2 aromatic carbocycles. The number of carbonyl (C=O) groups is 3. The molecule has 2 aliphatic carbocycles. The van der Waals surface area contributed by atoms with E-state index in [9.17, 15) is 19.5 Å². The van der Waals surface area contributed by atoms with Gasteiger partial charge in [-0.2, -0.15) is 0 Å². The number of rotatable bonds is 19. The first-order valence-electron chi connectivity index (χ1n) is 21.9. The van der Waals surface area contributed by atoms with E-state index < -0.39 is 36.7 Å². The van der Waals surface area contributed by atoms with Crippen LogP contribution in [0.4, 0.5) is 9.59 Å². The lowest BCUT2D eigenvalue weighted by Crippen LogP contribution is -2.42. The topological polar surface area (TPSA) is 151 Å². The minimum atomic E-state index is -1.17. The number of aliphatic hydroxyl groups is 1. The van der Waals surface area contributed by atoms with Gasteiger partial charge in [0.25, 0.3) is 0 Å². The second-order valence-electron chi connectivity index (χ2n) is 19.1. The monoisotopic (exact) mass is 849 g/mol. The van der Waals surface area contributed by atoms with Crippen molar-refractivity contribution in [3.05, 3.63) is 84.0 Å². The number of hydrogen-bond donors (Lipinski definition) is 3. The van der Waals surface area contributed by atoms with Crippen molar-refractivity contribution in [2.24, 2.45) is 11.8 Å². The van der Waals surface area contributed by atoms with Gasteiger partial charge >= 0.3 is 18.2 Å². The summed E-state index contributed by atoms with van der Waals surface area (Å²) in [5.41, 5.74) is 3.09. The Morgan fingerprint density at radius 3 is 1.39 bits per heavy atom. The molecular formula is C49H72N2O10. The fourth-order valence-electron chi connectivity index (χ4n) is 7.61. The summed E-state index contributed by atoms with van der Waals surface area (Å²) in [5.74, 6) is 1.87. The highest BCUT2D eigenvalue weighted by molar-refractivity contribution is 5.86. The van der Waals surface area contributed by atoms with E-state index in [1.54, 1.807) is 13.8 Å². The van der Waals surface area contributed by atoms with E-state index in [1.165, 1.54) is 11.1 Å². The molecule has 12 nitrogen and oxygen atoms in total. The number of carbonyl (C=O) groups excluding carboxylic acids is 3. The van der Waals surface area contributed by atoms with Gasteiger partial charge in [0.05, 0.1) is 6.61 Å². The Bertz CT molecular complexity index is 1710. The molecule has 0 radical (unpaired) electrons. The van der Waals surface area contributed by atoms with E-state index in [-0.39, 0.29) is 54.9 Å². The van der Waals surface area contributed by atoms with E-state index in [2.05, 4.69) is 65.3 Å². The van der Waals surface area contributed by atoms with Crippen molar-refractivity contribution in [3.63, 3.8) is 0 Å². The first-order valence-corrected chi connectivity index (χ1v) is 21.9. The summed E-state index contributed by atoms with van der Waals surface area (Å²) < 4.78 is 34.2. The third kappa shape index (κ3) is 17.4. The lowest BCUT2D eigenvalue weighted by atomic mass is 9.76. The molecule has 0 aromatic heterocycles. The van der Waals surface area contributed by atoms with E-state index in [0.29, 0.717) is 28.9 Å². The Morgan fingerprint density at radius 1 is 0.639 bits per heavy atom. The van der Waals surface area contributed by atoms with Gasteiger partial charge in [-0.25, -0.2) is 14.4 Å². The summed E-state index contributed by atoms with van der Waals surface area (Å²) in [7, 11) is 0. The predicted octanol–water partition coefficient (Wildman–Crippen LogP) is 9.47. The highest BCUT2D eigenvalue weighted by atomic mass is 16.6. The summed E-state index contributed by atoms with van der Waals surface area (Å²) in [6.07, 6.45) is 4.80. The van der Waals surface area contributed by atoms with Crippen molar-refractivity contribution >= 4 is 18.2 Å². The third-order valence-electron chi connectivity index (χ3n) is 11.5. The molecule has 2 fully saturated rings. The Hall–Kier alpha value is -4.55. The van der Waals surface area contributed by atoms with E-state index in [0.717, 1.165) is 57.8 Å². The number of hydrogen-bond acceptors (Lipinski definition) is 10. The summed E-state index contributed by atoms with van der Waals surface area (Å²) in [6, 6.07) is 15.6. The van der Waals surface area contributed by atoms with Gasteiger partial charge in [-0.15, -0.1) is 0 Å². The number of aliphatic hydroxyl groups excluding tert-OH is 1. The number of nitrogens with one attached hydrogen (secondary N) is 2. The number of alkyl carbamates (subject to hydrolysis) is 2. The van der Waals surface area contributed by atoms with Gasteiger partial charge in [-0.05, 0) is 135 Å². The first-order chi connectivity index (χ1) is 28.7. The van der Waals surface area contributed by atoms with Crippen molar-refractivity contribution in [2.45, 2.75) is 155 Å². The number of esters is 1. The van der Waals surface area contributed by atoms with Crippen LogP contribution in [0.15, 0.2) is 72.8 Å². The molecule has 0 aliphatic heterocycles. The maximum atomic E-state index is 13.1. The average molecular weight is 849 g/mol. The van der Waals surface area contributed by atoms with E-state index >= 15 is 0 Å². The molecule has 2 amide bonds. The standard InChI is InChI=1S/C49H72N2O10/c1-32(2)44(52)58-30-42(28-56-40-23-15-36(16-24-40)48(5,6)7)60-46(54)50-38-19-11-34(12-20-38)27-35-13-21-39(22-14-35)51-47(55)61-43(31-59-45(53)33(3)4)29-57-41-25-17-37(18-26-41)49(8,9)10/h15-18,23-26,34-35,38-39,42-44,52H,1,3,11-14,19-22,27-31H2,2,4-10H3,(H,50,54)(H,51,55). The first kappa shape index (κ1) is 49.1. The summed E-state index contributed by atoms with van der Waals surface area (Å²) >= 11 is 0. The normalized spacial score (nSPS) is 20.9. The van der Waals surface area contributed by atoms with Crippen molar-refractivity contribution < 1.29 is 47.9 Å². The SMILES string of the molecule is C=C(C)C(=O)OCC(COc1ccc(C(C)(C)C)cc1)OC(=O)NC1CCC(CC2CCC(NC(=O)OC(COc3ccc(C(C)(C)C)cc3)COC(O)C(=C)C)CC2)CC1. The molecule has 2 aliphatic rings. The largest absolute Gasteiger partial charge is 0.490 e. The smallest absolute Gasteiger partial charge is 0.407 e. The highest BCUT2D eigenvalue weighted by Gasteiger charge is 2.30. The molecule has 61 heavy (non-hydrogen) atoms. The van der Waals surface area contributed by atoms with Gasteiger partial charge in [0, 0.05) is 17.7 Å². The van der Waals surface area contributed by atoms with Gasteiger partial charge < -0.3 is 44.2 Å². The van der Waals surface area contributed by atoms with Gasteiger partial charge in [-0.3, -0.25) is 0 Å². The molecular weight excluding hydrogens is 777 g/mol. The lowest BCUT2D eigenvalue weighted by Gasteiger charge is -2.34. The zero-order valence-corrected chi connectivity index (χ0v) is 37.9. The number of ether oxygens (including phenoxy) is 6. The van der Waals surface area contributed by atoms with Crippen LogP contribution in [0.1, 0.15) is 124 Å².